The molecule has 4 rings (SSSR count). The maximum absolute atomic E-state index is 12.0. The average molecular weight is 302 g/mol. The summed E-state index contributed by atoms with van der Waals surface area (Å²) in [4.78, 5) is 12.0. The van der Waals surface area contributed by atoms with Crippen molar-refractivity contribution in [2.75, 3.05) is 0 Å². The molecule has 6 atom stereocenters. The van der Waals surface area contributed by atoms with Crippen LogP contribution in [0.25, 0.3) is 0 Å². The van der Waals surface area contributed by atoms with Crippen LogP contribution in [0.3, 0.4) is 0 Å². The summed E-state index contributed by atoms with van der Waals surface area (Å²) >= 11 is 0. The second kappa shape index (κ2) is 4.19. The lowest BCUT2D eigenvalue weighted by Crippen LogP contribution is -2.58. The summed E-state index contributed by atoms with van der Waals surface area (Å²) in [6.07, 6.45) is 14.5. The van der Waals surface area contributed by atoms with Crippen LogP contribution in [0, 0.1) is 33.5 Å². The highest BCUT2D eigenvalue weighted by Gasteiger charge is 2.64. The second-order valence-corrected chi connectivity index (χ2v) is 9.66. The Morgan fingerprint density at radius 2 is 1.73 bits per heavy atom. The van der Waals surface area contributed by atoms with E-state index in [4.69, 9.17) is 0 Å². The molecular weight excluding hydrogens is 272 g/mol. The molecule has 2 heteroatoms. The van der Waals surface area contributed by atoms with Gasteiger partial charge in [-0.15, -0.1) is 0 Å². The van der Waals surface area contributed by atoms with Gasteiger partial charge in [0.1, 0.15) is 0 Å². The molecule has 4 aliphatic rings. The first kappa shape index (κ1) is 14.8. The fourth-order valence-electron chi connectivity index (χ4n) is 7.39. The first-order valence-corrected chi connectivity index (χ1v) is 9.18. The molecule has 0 aromatic rings. The number of carbonyl (C=O) groups is 1. The van der Waals surface area contributed by atoms with Crippen molar-refractivity contribution in [3.05, 3.63) is 12.2 Å². The van der Waals surface area contributed by atoms with Crippen molar-refractivity contribution in [3.63, 3.8) is 0 Å². The minimum atomic E-state index is -0.554. The summed E-state index contributed by atoms with van der Waals surface area (Å²) in [5.41, 5.74) is 0.525. The monoisotopic (exact) mass is 302 g/mol. The fraction of sp³-hybridized carbons (Fsp3) is 0.850. The van der Waals surface area contributed by atoms with Crippen LogP contribution >= 0.6 is 0 Å². The lowest BCUT2D eigenvalue weighted by Gasteiger charge is -2.63. The molecule has 4 aliphatic carbocycles. The van der Waals surface area contributed by atoms with Gasteiger partial charge in [0.2, 0.25) is 0 Å². The number of allylic oxidation sites excluding steroid dienone is 2. The van der Waals surface area contributed by atoms with Gasteiger partial charge in [-0.1, -0.05) is 32.4 Å². The Kier molecular flexibility index (Phi) is 2.81. The zero-order valence-electron chi connectivity index (χ0n) is 14.3. The van der Waals surface area contributed by atoms with Gasteiger partial charge in [-0.05, 0) is 80.0 Å². The largest absolute Gasteiger partial charge is 0.481 e. The third kappa shape index (κ3) is 1.65. The van der Waals surface area contributed by atoms with Crippen molar-refractivity contribution in [1.29, 1.82) is 0 Å². The zero-order chi connectivity index (χ0) is 15.8. The first-order valence-electron chi connectivity index (χ1n) is 9.18. The Balaban J connectivity index is 1.75. The molecule has 3 fully saturated rings. The van der Waals surface area contributed by atoms with Gasteiger partial charge < -0.3 is 5.11 Å². The van der Waals surface area contributed by atoms with Crippen molar-refractivity contribution < 1.29 is 9.90 Å². The van der Waals surface area contributed by atoms with Gasteiger partial charge in [0.15, 0.2) is 0 Å². The first-order chi connectivity index (χ1) is 10.2. The van der Waals surface area contributed by atoms with Crippen LogP contribution in [0.15, 0.2) is 12.2 Å². The molecule has 0 aliphatic heterocycles. The summed E-state index contributed by atoms with van der Waals surface area (Å²) in [5.74, 6) is 0.506. The maximum Gasteiger partial charge on any atom is 0.309 e. The molecule has 0 amide bonds. The lowest BCUT2D eigenvalue weighted by atomic mass is 9.40. The Morgan fingerprint density at radius 1 is 1.00 bits per heavy atom. The molecule has 1 spiro atoms. The van der Waals surface area contributed by atoms with Gasteiger partial charge in [0.25, 0.3) is 0 Å². The summed E-state index contributed by atoms with van der Waals surface area (Å²) in [7, 11) is 0. The molecule has 2 bridgehead atoms. The number of hydrogen-bond acceptors (Lipinski definition) is 1. The molecule has 0 radical (unpaired) electrons. The predicted octanol–water partition coefficient (Wildman–Crippen LogP) is 5.04. The van der Waals surface area contributed by atoms with Crippen LogP contribution in [-0.2, 0) is 4.79 Å². The molecule has 3 saturated carbocycles. The van der Waals surface area contributed by atoms with Crippen LogP contribution in [0.5, 0.6) is 0 Å². The van der Waals surface area contributed by atoms with E-state index in [-0.39, 0.29) is 5.41 Å². The van der Waals surface area contributed by atoms with E-state index in [1.165, 1.54) is 32.1 Å². The van der Waals surface area contributed by atoms with E-state index < -0.39 is 11.4 Å². The number of carboxylic acid groups (broad SMARTS) is 1. The molecule has 122 valence electrons. The molecule has 0 aromatic heterocycles. The van der Waals surface area contributed by atoms with Crippen LogP contribution in [0.1, 0.15) is 72.1 Å². The van der Waals surface area contributed by atoms with Crippen molar-refractivity contribution in [2.45, 2.75) is 72.1 Å². The van der Waals surface area contributed by atoms with Crippen molar-refractivity contribution in [2.24, 2.45) is 33.5 Å². The highest BCUT2D eigenvalue weighted by atomic mass is 16.4. The molecule has 0 unspecified atom stereocenters. The minimum Gasteiger partial charge on any atom is -0.481 e. The van der Waals surface area contributed by atoms with E-state index in [1.54, 1.807) is 0 Å². The third-order valence-corrected chi connectivity index (χ3v) is 8.41. The molecular formula is C20H30O2. The SMILES string of the molecule is C[C@]12C=C[C@@]3(CC[C@H]4[C@@](C)(CCC[C@]4(C)C(=O)O)[C@@H]3CC1)C2. The normalized spacial score (nSPS) is 56.3. The summed E-state index contributed by atoms with van der Waals surface area (Å²) in [5, 5.41) is 9.90. The topological polar surface area (TPSA) is 37.3 Å². The Bertz CT molecular complexity index is 552. The van der Waals surface area contributed by atoms with E-state index in [9.17, 15) is 9.90 Å². The minimum absolute atomic E-state index is 0.222. The van der Waals surface area contributed by atoms with Crippen molar-refractivity contribution in [3.8, 4) is 0 Å². The average Bonchev–Trinajstić information content (AvgIpc) is 2.68. The number of rotatable bonds is 1. The van der Waals surface area contributed by atoms with Gasteiger partial charge in [0, 0.05) is 0 Å². The Labute approximate surface area is 134 Å². The second-order valence-electron chi connectivity index (χ2n) is 9.66. The van der Waals surface area contributed by atoms with E-state index in [1.807, 2.05) is 6.92 Å². The summed E-state index contributed by atoms with van der Waals surface area (Å²) < 4.78 is 0. The number of aliphatic carboxylic acids is 1. The summed E-state index contributed by atoms with van der Waals surface area (Å²) in [6, 6.07) is 0. The molecule has 22 heavy (non-hydrogen) atoms. The van der Waals surface area contributed by atoms with Gasteiger partial charge in [-0.3, -0.25) is 4.79 Å². The van der Waals surface area contributed by atoms with Gasteiger partial charge in [-0.25, -0.2) is 0 Å². The molecule has 0 heterocycles. The van der Waals surface area contributed by atoms with E-state index in [0.717, 1.165) is 19.3 Å². The molecule has 0 saturated heterocycles. The highest BCUT2D eigenvalue weighted by molar-refractivity contribution is 5.75. The third-order valence-electron chi connectivity index (χ3n) is 8.41. The van der Waals surface area contributed by atoms with Crippen molar-refractivity contribution >= 4 is 5.97 Å². The number of carboxylic acids is 1. The quantitative estimate of drug-likeness (QED) is 0.689. The standard InChI is InChI=1S/C20H30O2/c1-17-9-5-15-18(2)7-4-8-19(3,16(21)22)14(18)6-10-20(15,13-17)12-11-17/h11-12,14-15H,4-10,13H2,1-3H3,(H,21,22)/t14-,15-,17+,18+,19-,20-/m0/s1. The van der Waals surface area contributed by atoms with E-state index in [0.29, 0.717) is 22.7 Å². The van der Waals surface area contributed by atoms with Crippen molar-refractivity contribution in [1.82, 2.24) is 0 Å². The van der Waals surface area contributed by atoms with Crippen LogP contribution in [0.4, 0.5) is 0 Å². The Morgan fingerprint density at radius 3 is 2.45 bits per heavy atom. The van der Waals surface area contributed by atoms with Gasteiger partial charge in [0.05, 0.1) is 5.41 Å². The predicted molar refractivity (Wildman–Crippen MR) is 87.4 cm³/mol. The molecule has 2 nitrogen and oxygen atoms in total. The van der Waals surface area contributed by atoms with Gasteiger partial charge in [-0.2, -0.15) is 0 Å². The van der Waals surface area contributed by atoms with Gasteiger partial charge >= 0.3 is 5.97 Å². The molecule has 0 aromatic carbocycles. The number of fused-ring (bicyclic) bond motifs is 3. The lowest BCUT2D eigenvalue weighted by molar-refractivity contribution is -0.179. The van der Waals surface area contributed by atoms with E-state index in [2.05, 4.69) is 26.0 Å². The fourth-order valence-corrected chi connectivity index (χ4v) is 7.39. The smallest absolute Gasteiger partial charge is 0.309 e. The van der Waals surface area contributed by atoms with E-state index >= 15 is 0 Å². The van der Waals surface area contributed by atoms with Crippen LogP contribution in [-0.4, -0.2) is 11.1 Å². The Hall–Kier alpha value is -0.790. The number of hydrogen-bond donors (Lipinski definition) is 1. The zero-order valence-corrected chi connectivity index (χ0v) is 14.3. The molecule has 1 N–H and O–H groups in total. The van der Waals surface area contributed by atoms with Crippen LogP contribution in [0.2, 0.25) is 0 Å². The van der Waals surface area contributed by atoms with Crippen LogP contribution < -0.4 is 0 Å². The maximum atomic E-state index is 12.0. The highest BCUT2D eigenvalue weighted by Crippen LogP contribution is 2.71. The summed E-state index contributed by atoms with van der Waals surface area (Å²) in [6.45, 7) is 6.90.